The van der Waals surface area contributed by atoms with Gasteiger partial charge in [0, 0.05) is 22.3 Å². The third kappa shape index (κ3) is 4.81. The van der Waals surface area contributed by atoms with Crippen LogP contribution in [0.2, 0.25) is 0 Å². The van der Waals surface area contributed by atoms with Crippen molar-refractivity contribution in [1.82, 2.24) is 10.9 Å². The summed E-state index contributed by atoms with van der Waals surface area (Å²) in [7, 11) is 0. The quantitative estimate of drug-likeness (QED) is 0.341. The van der Waals surface area contributed by atoms with E-state index in [1.165, 1.54) is 12.1 Å². The van der Waals surface area contributed by atoms with E-state index in [4.69, 9.17) is 0 Å². The van der Waals surface area contributed by atoms with Crippen molar-refractivity contribution in [2.45, 2.75) is 0 Å². The summed E-state index contributed by atoms with van der Waals surface area (Å²) in [5.41, 5.74) is 6.23. The largest absolute Gasteiger partial charge is 0.289 e. The Morgan fingerprint density at radius 2 is 0.676 bits per heavy atom. The van der Waals surface area contributed by atoms with Crippen LogP contribution in [0, 0.1) is 0 Å². The topological polar surface area (TPSA) is 92.3 Å². The van der Waals surface area contributed by atoms with E-state index >= 15 is 0 Å². The van der Waals surface area contributed by atoms with Gasteiger partial charge in [-0.05, 0) is 12.1 Å². The molecule has 0 aliphatic carbocycles. The van der Waals surface area contributed by atoms with Crippen LogP contribution in [0.25, 0.3) is 0 Å². The van der Waals surface area contributed by atoms with Crippen molar-refractivity contribution in [3.8, 4) is 0 Å². The molecule has 0 fully saturated rings. The normalized spacial score (nSPS) is 10.2. The van der Waals surface area contributed by atoms with E-state index in [1.54, 1.807) is 97.1 Å². The first-order chi connectivity index (χ1) is 16.6. The van der Waals surface area contributed by atoms with Crippen molar-refractivity contribution >= 4 is 23.4 Å². The van der Waals surface area contributed by atoms with Gasteiger partial charge in [-0.15, -0.1) is 0 Å². The van der Waals surface area contributed by atoms with Gasteiger partial charge >= 0.3 is 0 Å². The first-order valence-corrected chi connectivity index (χ1v) is 10.5. The van der Waals surface area contributed by atoms with Crippen LogP contribution in [0.3, 0.4) is 0 Å². The molecule has 0 heterocycles. The molecule has 0 saturated carbocycles. The van der Waals surface area contributed by atoms with Crippen LogP contribution in [0.4, 0.5) is 0 Å². The summed E-state index contributed by atoms with van der Waals surface area (Å²) in [5, 5.41) is 0. The number of carbonyl (C=O) groups is 4. The highest BCUT2D eigenvalue weighted by molar-refractivity contribution is 6.17. The maximum absolute atomic E-state index is 12.9. The molecule has 0 aliphatic rings. The maximum atomic E-state index is 12.9. The molecule has 6 nitrogen and oxygen atoms in total. The van der Waals surface area contributed by atoms with Gasteiger partial charge in [-0.2, -0.15) is 0 Å². The Bertz CT molecular complexity index is 1260. The first-order valence-electron chi connectivity index (χ1n) is 10.5. The molecule has 4 aromatic carbocycles. The molecule has 6 heteroatoms. The fourth-order valence-corrected chi connectivity index (χ4v) is 3.50. The first kappa shape index (κ1) is 22.4. The maximum Gasteiger partial charge on any atom is 0.270 e. The van der Waals surface area contributed by atoms with E-state index in [-0.39, 0.29) is 33.8 Å². The molecule has 0 aromatic heterocycles. The van der Waals surface area contributed by atoms with Crippen LogP contribution >= 0.6 is 0 Å². The van der Waals surface area contributed by atoms with Gasteiger partial charge in [-0.3, -0.25) is 30.0 Å². The Hall–Kier alpha value is -4.84. The molecular weight excluding hydrogens is 428 g/mol. The van der Waals surface area contributed by atoms with Gasteiger partial charge in [0.05, 0.1) is 11.1 Å². The van der Waals surface area contributed by atoms with Crippen LogP contribution in [0.1, 0.15) is 52.6 Å². The molecule has 0 bridgehead atoms. The molecule has 2 N–H and O–H groups in total. The Morgan fingerprint density at radius 3 is 1.03 bits per heavy atom. The molecule has 34 heavy (non-hydrogen) atoms. The van der Waals surface area contributed by atoms with Crippen LogP contribution in [0.5, 0.6) is 0 Å². The molecule has 4 aromatic rings. The van der Waals surface area contributed by atoms with Crippen molar-refractivity contribution in [3.63, 3.8) is 0 Å². The number of carbonyl (C=O) groups excluding carboxylic acids is 4. The average molecular weight is 448 g/mol. The summed E-state index contributed by atoms with van der Waals surface area (Å²) in [6.07, 6.45) is 0. The van der Waals surface area contributed by atoms with Gasteiger partial charge < -0.3 is 0 Å². The molecule has 0 spiro atoms. The van der Waals surface area contributed by atoms with Gasteiger partial charge in [-0.25, -0.2) is 0 Å². The van der Waals surface area contributed by atoms with Crippen LogP contribution in [-0.2, 0) is 0 Å². The summed E-state index contributed by atoms with van der Waals surface area (Å²) >= 11 is 0. The zero-order valence-electron chi connectivity index (χ0n) is 18.0. The van der Waals surface area contributed by atoms with Crippen molar-refractivity contribution < 1.29 is 19.2 Å². The highest BCUT2D eigenvalue weighted by Crippen LogP contribution is 2.16. The lowest BCUT2D eigenvalue weighted by atomic mass is 9.98. The number of ketones is 2. The number of rotatable bonds is 6. The predicted octanol–water partition coefficient (Wildman–Crippen LogP) is 4.22. The molecular formula is C28H20N2O4. The van der Waals surface area contributed by atoms with Gasteiger partial charge in [0.25, 0.3) is 11.8 Å². The van der Waals surface area contributed by atoms with E-state index in [1.807, 2.05) is 0 Å². The van der Waals surface area contributed by atoms with Crippen molar-refractivity contribution in [2.24, 2.45) is 0 Å². The summed E-state index contributed by atoms with van der Waals surface area (Å²) in [5.74, 6) is -1.92. The molecule has 4 rings (SSSR count). The third-order valence-corrected chi connectivity index (χ3v) is 5.19. The van der Waals surface area contributed by atoms with Crippen molar-refractivity contribution in [1.29, 1.82) is 0 Å². The number of hydrazine groups is 1. The standard InChI is InChI=1S/C28H20N2O4/c31-25(19-11-3-1-4-12-19)21-15-7-9-17-23(21)27(33)29-30-28(34)24-18-10-8-16-22(24)26(32)20-13-5-2-6-14-20/h1-18H,(H,29,33)(H,30,34). The second-order valence-electron chi connectivity index (χ2n) is 7.39. The smallest absolute Gasteiger partial charge is 0.270 e. The highest BCUT2D eigenvalue weighted by Gasteiger charge is 2.21. The highest BCUT2D eigenvalue weighted by atomic mass is 16.2. The minimum Gasteiger partial charge on any atom is -0.289 e. The van der Waals surface area contributed by atoms with Gasteiger partial charge in [0.2, 0.25) is 0 Å². The Kier molecular flexibility index (Phi) is 6.70. The summed E-state index contributed by atoms with van der Waals surface area (Å²) < 4.78 is 0. The molecule has 0 aliphatic heterocycles. The van der Waals surface area contributed by atoms with Crippen LogP contribution in [0.15, 0.2) is 109 Å². The third-order valence-electron chi connectivity index (χ3n) is 5.19. The zero-order valence-corrected chi connectivity index (χ0v) is 18.0. The van der Waals surface area contributed by atoms with Gasteiger partial charge in [0.15, 0.2) is 11.6 Å². The minimum atomic E-state index is -0.653. The van der Waals surface area contributed by atoms with Gasteiger partial charge in [-0.1, -0.05) is 97.1 Å². The summed E-state index contributed by atoms with van der Waals surface area (Å²) in [6, 6.07) is 29.9. The number of nitrogens with one attached hydrogen (secondary N) is 2. The molecule has 0 radical (unpaired) electrons. The summed E-state index contributed by atoms with van der Waals surface area (Å²) in [4.78, 5) is 51.4. The number of amides is 2. The van der Waals surface area contributed by atoms with E-state index < -0.39 is 11.8 Å². The van der Waals surface area contributed by atoms with Gasteiger partial charge in [0.1, 0.15) is 0 Å². The second-order valence-corrected chi connectivity index (χ2v) is 7.39. The SMILES string of the molecule is O=C(NNC(=O)c1ccccc1C(=O)c1ccccc1)c1ccccc1C(=O)c1ccccc1. The van der Waals surface area contributed by atoms with Crippen molar-refractivity contribution in [3.05, 3.63) is 143 Å². The number of hydrogen-bond donors (Lipinski definition) is 2. The molecule has 0 unspecified atom stereocenters. The lowest BCUT2D eigenvalue weighted by Gasteiger charge is -2.12. The zero-order chi connectivity index (χ0) is 23.9. The fraction of sp³-hybridized carbons (Fsp3) is 0. The fourth-order valence-electron chi connectivity index (χ4n) is 3.50. The number of hydrogen-bond acceptors (Lipinski definition) is 4. The van der Waals surface area contributed by atoms with E-state index in [9.17, 15) is 19.2 Å². The lowest BCUT2D eigenvalue weighted by Crippen LogP contribution is -2.42. The van der Waals surface area contributed by atoms with E-state index in [0.717, 1.165) is 0 Å². The lowest BCUT2D eigenvalue weighted by molar-refractivity contribution is 0.0843. The minimum absolute atomic E-state index is 0.116. The van der Waals surface area contributed by atoms with Crippen LogP contribution < -0.4 is 10.9 Å². The molecule has 166 valence electrons. The number of benzene rings is 4. The Labute approximate surface area is 196 Å². The summed E-state index contributed by atoms with van der Waals surface area (Å²) in [6.45, 7) is 0. The van der Waals surface area contributed by atoms with E-state index in [2.05, 4.69) is 10.9 Å². The van der Waals surface area contributed by atoms with Crippen LogP contribution in [-0.4, -0.2) is 23.4 Å². The molecule has 2 amide bonds. The van der Waals surface area contributed by atoms with Crippen molar-refractivity contribution in [2.75, 3.05) is 0 Å². The second kappa shape index (κ2) is 10.2. The predicted molar refractivity (Wildman–Crippen MR) is 128 cm³/mol. The monoisotopic (exact) mass is 448 g/mol. The molecule has 0 atom stereocenters. The van der Waals surface area contributed by atoms with E-state index in [0.29, 0.717) is 11.1 Å². The molecule has 0 saturated heterocycles. The Morgan fingerprint density at radius 1 is 0.382 bits per heavy atom. The average Bonchev–Trinajstić information content (AvgIpc) is 2.91. The Balaban J connectivity index is 1.52.